The number of rotatable bonds is 6. The van der Waals surface area contributed by atoms with Gasteiger partial charge in [-0.1, -0.05) is 6.92 Å². The van der Waals surface area contributed by atoms with E-state index in [1.54, 1.807) is 6.92 Å². The van der Waals surface area contributed by atoms with Crippen molar-refractivity contribution in [3.8, 4) is 0 Å². The minimum Gasteiger partial charge on any atom is -0.480 e. The van der Waals surface area contributed by atoms with E-state index < -0.39 is 31.3 Å². The van der Waals surface area contributed by atoms with Gasteiger partial charge in [-0.2, -0.15) is 13.2 Å². The van der Waals surface area contributed by atoms with E-state index in [0.29, 0.717) is 11.3 Å². The van der Waals surface area contributed by atoms with Gasteiger partial charge in [-0.3, -0.25) is 4.79 Å². The van der Waals surface area contributed by atoms with Crippen LogP contribution in [0.3, 0.4) is 0 Å². The van der Waals surface area contributed by atoms with Crippen molar-refractivity contribution < 1.29 is 27.9 Å². The summed E-state index contributed by atoms with van der Waals surface area (Å²) in [5.74, 6) is -1.26. The summed E-state index contributed by atoms with van der Waals surface area (Å²) in [6, 6.07) is -0.904. The molecule has 0 aromatic heterocycles. The van der Waals surface area contributed by atoms with Crippen molar-refractivity contribution >= 4 is 12.0 Å². The molecule has 0 heterocycles. The molecule has 18 heavy (non-hydrogen) atoms. The number of carboxylic acid groups (broad SMARTS) is 1. The van der Waals surface area contributed by atoms with Crippen LogP contribution in [0.15, 0.2) is 0 Å². The Balaban J connectivity index is 4.76. The van der Waals surface area contributed by atoms with Crippen molar-refractivity contribution in [2.75, 3.05) is 26.2 Å². The van der Waals surface area contributed by atoms with Crippen LogP contribution in [0.1, 0.15) is 20.3 Å². The highest BCUT2D eigenvalue weighted by Crippen LogP contribution is 2.17. The molecule has 106 valence electrons. The van der Waals surface area contributed by atoms with Crippen LogP contribution in [-0.2, 0) is 4.79 Å². The summed E-state index contributed by atoms with van der Waals surface area (Å²) in [6.07, 6.45) is -4.13. The van der Waals surface area contributed by atoms with Gasteiger partial charge in [-0.05, 0) is 13.3 Å². The molecule has 0 spiro atoms. The Morgan fingerprint density at radius 1 is 1.17 bits per heavy atom. The molecule has 0 aliphatic rings. The fraction of sp³-hybridized carbons (Fsp3) is 0.800. The van der Waals surface area contributed by atoms with E-state index in [1.807, 2.05) is 0 Å². The van der Waals surface area contributed by atoms with E-state index in [9.17, 15) is 22.8 Å². The zero-order chi connectivity index (χ0) is 14.3. The third-order valence-electron chi connectivity index (χ3n) is 2.11. The van der Waals surface area contributed by atoms with Gasteiger partial charge in [0.15, 0.2) is 0 Å². The molecule has 0 aromatic rings. The first-order valence-electron chi connectivity index (χ1n) is 5.53. The zero-order valence-electron chi connectivity index (χ0n) is 10.3. The first-order chi connectivity index (χ1) is 8.21. The van der Waals surface area contributed by atoms with Gasteiger partial charge in [0.05, 0.1) is 0 Å². The van der Waals surface area contributed by atoms with Crippen LogP contribution in [0.4, 0.5) is 18.0 Å². The van der Waals surface area contributed by atoms with Gasteiger partial charge in [-0.25, -0.2) is 4.79 Å². The lowest BCUT2D eigenvalue weighted by molar-refractivity contribution is -0.142. The van der Waals surface area contributed by atoms with Crippen molar-refractivity contribution in [1.82, 2.24) is 9.80 Å². The van der Waals surface area contributed by atoms with Crippen molar-refractivity contribution in [2.45, 2.75) is 26.4 Å². The van der Waals surface area contributed by atoms with Crippen LogP contribution in [0.25, 0.3) is 0 Å². The number of carbonyl (C=O) groups is 2. The van der Waals surface area contributed by atoms with Crippen LogP contribution in [0.5, 0.6) is 0 Å². The van der Waals surface area contributed by atoms with Crippen LogP contribution in [0.2, 0.25) is 0 Å². The summed E-state index contributed by atoms with van der Waals surface area (Å²) in [7, 11) is 0. The number of nitrogens with zero attached hydrogens (tertiary/aromatic N) is 2. The summed E-state index contributed by atoms with van der Waals surface area (Å²) in [6.45, 7) is 1.17. The van der Waals surface area contributed by atoms with Gasteiger partial charge < -0.3 is 14.9 Å². The summed E-state index contributed by atoms with van der Waals surface area (Å²) in [4.78, 5) is 23.8. The standard InChI is InChI=1S/C10H17F3N2O3/c1-3-5-15(7-10(11,12)13)9(18)14(4-2)6-8(16)17/h3-7H2,1-2H3,(H,16,17). The first kappa shape index (κ1) is 16.5. The van der Waals surface area contributed by atoms with Gasteiger partial charge in [-0.15, -0.1) is 0 Å². The lowest BCUT2D eigenvalue weighted by atomic mass is 10.4. The Bertz CT molecular complexity index is 295. The van der Waals surface area contributed by atoms with Crippen LogP contribution in [0, 0.1) is 0 Å². The number of halogens is 3. The highest BCUT2D eigenvalue weighted by atomic mass is 19.4. The Hall–Kier alpha value is -1.47. The van der Waals surface area contributed by atoms with Gasteiger partial charge in [0.25, 0.3) is 0 Å². The number of hydrogen-bond acceptors (Lipinski definition) is 2. The largest absolute Gasteiger partial charge is 0.480 e. The molecule has 0 saturated heterocycles. The van der Waals surface area contributed by atoms with E-state index >= 15 is 0 Å². The Morgan fingerprint density at radius 2 is 1.72 bits per heavy atom. The van der Waals surface area contributed by atoms with Crippen LogP contribution in [-0.4, -0.2) is 59.3 Å². The first-order valence-corrected chi connectivity index (χ1v) is 5.53. The fourth-order valence-electron chi connectivity index (χ4n) is 1.41. The summed E-state index contributed by atoms with van der Waals surface area (Å²) in [5, 5.41) is 8.57. The lowest BCUT2D eigenvalue weighted by Gasteiger charge is -2.29. The van der Waals surface area contributed by atoms with E-state index in [4.69, 9.17) is 5.11 Å². The summed E-state index contributed by atoms with van der Waals surface area (Å²) in [5.41, 5.74) is 0. The molecule has 8 heteroatoms. The molecule has 0 atom stereocenters. The second-order valence-electron chi connectivity index (χ2n) is 3.73. The molecule has 0 bridgehead atoms. The van der Waals surface area contributed by atoms with Crippen molar-refractivity contribution in [3.05, 3.63) is 0 Å². The second kappa shape index (κ2) is 7.07. The molecule has 0 aliphatic carbocycles. The van der Waals surface area contributed by atoms with Crippen molar-refractivity contribution in [1.29, 1.82) is 0 Å². The van der Waals surface area contributed by atoms with E-state index in [1.165, 1.54) is 6.92 Å². The van der Waals surface area contributed by atoms with Crippen LogP contribution >= 0.6 is 0 Å². The topological polar surface area (TPSA) is 60.9 Å². The fourth-order valence-corrected chi connectivity index (χ4v) is 1.41. The monoisotopic (exact) mass is 270 g/mol. The number of aliphatic carboxylic acids is 1. The molecule has 0 rings (SSSR count). The predicted molar refractivity (Wildman–Crippen MR) is 58.2 cm³/mol. The number of hydrogen-bond donors (Lipinski definition) is 1. The highest BCUT2D eigenvalue weighted by Gasteiger charge is 2.34. The minimum absolute atomic E-state index is 0.0448. The number of amides is 2. The van der Waals surface area contributed by atoms with Gasteiger partial charge in [0, 0.05) is 13.1 Å². The number of urea groups is 1. The summed E-state index contributed by atoms with van der Waals surface area (Å²) < 4.78 is 36.9. The Morgan fingerprint density at radius 3 is 2.06 bits per heavy atom. The molecule has 0 unspecified atom stereocenters. The number of carbonyl (C=O) groups excluding carboxylic acids is 1. The van der Waals surface area contributed by atoms with Gasteiger partial charge in [0.2, 0.25) is 0 Å². The molecular weight excluding hydrogens is 253 g/mol. The van der Waals surface area contributed by atoms with Gasteiger partial charge >= 0.3 is 18.2 Å². The smallest absolute Gasteiger partial charge is 0.406 e. The Kier molecular flexibility index (Phi) is 6.50. The normalized spacial score (nSPS) is 11.2. The molecule has 0 aromatic carbocycles. The highest BCUT2D eigenvalue weighted by molar-refractivity contribution is 5.80. The molecule has 1 N–H and O–H groups in total. The molecule has 2 amide bonds. The number of likely N-dealkylation sites (N-methyl/N-ethyl adjacent to an activating group) is 1. The maximum absolute atomic E-state index is 12.3. The summed E-state index contributed by atoms with van der Waals surface area (Å²) >= 11 is 0. The van der Waals surface area contributed by atoms with Gasteiger partial charge in [0.1, 0.15) is 13.1 Å². The maximum atomic E-state index is 12.3. The lowest BCUT2D eigenvalue weighted by Crippen LogP contribution is -2.48. The van der Waals surface area contributed by atoms with E-state index in [-0.39, 0.29) is 13.1 Å². The quantitative estimate of drug-likeness (QED) is 0.800. The average Bonchev–Trinajstić information content (AvgIpc) is 2.22. The van der Waals surface area contributed by atoms with Crippen molar-refractivity contribution in [2.24, 2.45) is 0 Å². The average molecular weight is 270 g/mol. The van der Waals surface area contributed by atoms with Crippen LogP contribution < -0.4 is 0 Å². The third kappa shape index (κ3) is 6.31. The second-order valence-corrected chi connectivity index (χ2v) is 3.73. The molecule has 0 aliphatic heterocycles. The minimum atomic E-state index is -4.49. The van der Waals surface area contributed by atoms with Crippen molar-refractivity contribution in [3.63, 3.8) is 0 Å². The Labute approximate surface area is 103 Å². The molecular formula is C10H17F3N2O3. The number of carboxylic acids is 1. The van der Waals surface area contributed by atoms with E-state index in [2.05, 4.69) is 0 Å². The molecule has 0 radical (unpaired) electrons. The third-order valence-corrected chi connectivity index (χ3v) is 2.11. The predicted octanol–water partition coefficient (Wildman–Crippen LogP) is 1.79. The zero-order valence-corrected chi connectivity index (χ0v) is 10.3. The molecule has 5 nitrogen and oxygen atoms in total. The number of alkyl halides is 3. The molecule has 0 saturated carbocycles. The SMILES string of the molecule is CCCN(CC(F)(F)F)C(=O)N(CC)CC(=O)O. The maximum Gasteiger partial charge on any atom is 0.406 e. The van der Waals surface area contributed by atoms with E-state index in [0.717, 1.165) is 4.90 Å². The molecule has 0 fully saturated rings.